The Kier molecular flexibility index (Phi) is 3.37. The van der Waals surface area contributed by atoms with Gasteiger partial charge in [0.2, 0.25) is 0 Å². The number of halogens is 3. The number of rotatable bonds is 2. The lowest BCUT2D eigenvalue weighted by Crippen LogP contribution is -2.20. The van der Waals surface area contributed by atoms with E-state index in [0.717, 1.165) is 0 Å². The molecule has 0 unspecified atom stereocenters. The Balaban J connectivity index is 2.27. The Bertz CT molecular complexity index is 534. The van der Waals surface area contributed by atoms with Crippen LogP contribution in [0, 0.1) is 0 Å². The van der Waals surface area contributed by atoms with E-state index >= 15 is 0 Å². The van der Waals surface area contributed by atoms with E-state index in [1.807, 2.05) is 0 Å². The monoisotopic (exact) mass is 274 g/mol. The predicted octanol–water partition coefficient (Wildman–Crippen LogP) is 2.49. The average Bonchev–Trinajstić information content (AvgIpc) is 2.37. The van der Waals surface area contributed by atoms with Gasteiger partial charge in [0, 0.05) is 11.6 Å². The summed E-state index contributed by atoms with van der Waals surface area (Å²) in [5, 5.41) is 9.50. The molecule has 1 heterocycles. The van der Waals surface area contributed by atoms with E-state index in [2.05, 4.69) is 0 Å². The second-order valence-electron chi connectivity index (χ2n) is 3.75. The lowest BCUT2D eigenvalue weighted by Gasteiger charge is -2.18. The molecule has 0 radical (unpaired) electrons. The number of fused-ring (bicyclic) bond motifs is 1. The molecule has 0 saturated heterocycles. The Morgan fingerprint density at radius 2 is 1.84 bits per heavy atom. The highest BCUT2D eigenvalue weighted by Crippen LogP contribution is 2.32. The lowest BCUT2D eigenvalue weighted by atomic mass is 10.1. The zero-order chi connectivity index (χ0) is 14.0. The van der Waals surface area contributed by atoms with Gasteiger partial charge in [-0.2, -0.15) is 13.2 Å². The summed E-state index contributed by atoms with van der Waals surface area (Å²) in [6.07, 6.45) is -4.88. The Morgan fingerprint density at radius 1 is 1.21 bits per heavy atom. The van der Waals surface area contributed by atoms with Crippen LogP contribution in [0.15, 0.2) is 24.3 Å². The Labute approximate surface area is 106 Å². The first-order valence-corrected chi connectivity index (χ1v) is 5.30. The van der Waals surface area contributed by atoms with Gasteiger partial charge in [0.05, 0.1) is 0 Å². The second-order valence-corrected chi connectivity index (χ2v) is 3.75. The summed E-state index contributed by atoms with van der Waals surface area (Å²) < 4.78 is 46.6. The molecule has 1 aromatic rings. The number of ether oxygens (including phenoxy) is 2. The molecule has 0 spiro atoms. The smallest absolute Gasteiger partial charge is 0.454 e. The molecule has 1 N–H and O–H groups in total. The van der Waals surface area contributed by atoms with Crippen LogP contribution in [-0.2, 0) is 4.79 Å². The van der Waals surface area contributed by atoms with Gasteiger partial charge < -0.3 is 14.6 Å². The SMILES string of the molecule is O=C(/C=C(/O)c1ccc2c(c1)OCCO2)C(F)(F)F. The average molecular weight is 274 g/mol. The molecule has 1 aliphatic rings. The van der Waals surface area contributed by atoms with Crippen LogP contribution >= 0.6 is 0 Å². The van der Waals surface area contributed by atoms with Gasteiger partial charge in [0.25, 0.3) is 5.78 Å². The number of alkyl halides is 3. The first-order chi connectivity index (χ1) is 8.88. The van der Waals surface area contributed by atoms with Crippen LogP contribution in [0.5, 0.6) is 11.5 Å². The summed E-state index contributed by atoms with van der Waals surface area (Å²) in [5.41, 5.74) is 0.0434. The molecule has 0 atom stereocenters. The molecular weight excluding hydrogens is 265 g/mol. The van der Waals surface area contributed by atoms with Crippen LogP contribution in [0.3, 0.4) is 0 Å². The lowest BCUT2D eigenvalue weighted by molar-refractivity contribution is -0.165. The zero-order valence-electron chi connectivity index (χ0n) is 9.53. The summed E-state index contributed by atoms with van der Waals surface area (Å²) >= 11 is 0. The van der Waals surface area contributed by atoms with Gasteiger partial charge in [-0.3, -0.25) is 4.79 Å². The third-order valence-electron chi connectivity index (χ3n) is 2.39. The van der Waals surface area contributed by atoms with E-state index in [0.29, 0.717) is 24.7 Å². The van der Waals surface area contributed by atoms with Crippen molar-refractivity contribution in [2.24, 2.45) is 0 Å². The first kappa shape index (κ1) is 13.3. The van der Waals surface area contributed by atoms with Crippen LogP contribution in [0.2, 0.25) is 0 Å². The minimum atomic E-state index is -5.01. The second kappa shape index (κ2) is 4.83. The summed E-state index contributed by atoms with van der Waals surface area (Å²) in [5.74, 6) is -2.16. The topological polar surface area (TPSA) is 55.8 Å². The van der Waals surface area contributed by atoms with Gasteiger partial charge >= 0.3 is 6.18 Å². The quantitative estimate of drug-likeness (QED) is 0.665. The normalized spacial score (nSPS) is 15.2. The van der Waals surface area contributed by atoms with Gasteiger partial charge in [-0.25, -0.2) is 0 Å². The molecule has 4 nitrogen and oxygen atoms in total. The maximum Gasteiger partial charge on any atom is 0.454 e. The predicted molar refractivity (Wildman–Crippen MR) is 59.1 cm³/mol. The van der Waals surface area contributed by atoms with E-state index in [4.69, 9.17) is 9.47 Å². The summed E-state index contributed by atoms with van der Waals surface area (Å²) in [6.45, 7) is 0.684. The zero-order valence-corrected chi connectivity index (χ0v) is 9.53. The molecule has 0 saturated carbocycles. The van der Waals surface area contributed by atoms with Crippen LogP contribution in [0.4, 0.5) is 13.2 Å². The van der Waals surface area contributed by atoms with E-state index in [1.54, 1.807) is 0 Å². The van der Waals surface area contributed by atoms with E-state index < -0.39 is 17.7 Å². The number of hydrogen-bond donors (Lipinski definition) is 1. The fourth-order valence-electron chi connectivity index (χ4n) is 1.49. The van der Waals surface area contributed by atoms with Crippen molar-refractivity contribution >= 4 is 11.5 Å². The van der Waals surface area contributed by atoms with Crippen LogP contribution in [-0.4, -0.2) is 30.3 Å². The number of ketones is 1. The van der Waals surface area contributed by atoms with Crippen LogP contribution < -0.4 is 9.47 Å². The molecule has 102 valence electrons. The van der Waals surface area contributed by atoms with Gasteiger partial charge in [0.15, 0.2) is 11.5 Å². The largest absolute Gasteiger partial charge is 0.507 e. The summed E-state index contributed by atoms with van der Waals surface area (Å²) in [6, 6.07) is 4.10. The molecule has 0 aromatic heterocycles. The highest BCUT2D eigenvalue weighted by Gasteiger charge is 2.37. The van der Waals surface area contributed by atoms with E-state index in [-0.39, 0.29) is 11.6 Å². The molecular formula is C12H9F3O4. The fourth-order valence-corrected chi connectivity index (χ4v) is 1.49. The van der Waals surface area contributed by atoms with Crippen LogP contribution in [0.1, 0.15) is 5.56 Å². The number of benzene rings is 1. The van der Waals surface area contributed by atoms with Gasteiger partial charge in [-0.05, 0) is 18.2 Å². The summed E-state index contributed by atoms with van der Waals surface area (Å²) in [7, 11) is 0. The van der Waals surface area contributed by atoms with Crippen molar-refractivity contribution in [3.8, 4) is 11.5 Å². The van der Waals surface area contributed by atoms with Crippen molar-refractivity contribution in [3.05, 3.63) is 29.8 Å². The van der Waals surface area contributed by atoms with Gasteiger partial charge in [-0.15, -0.1) is 0 Å². The summed E-state index contributed by atoms with van der Waals surface area (Å²) in [4.78, 5) is 10.7. The molecule has 0 bridgehead atoms. The number of aliphatic hydroxyl groups is 1. The molecule has 0 aliphatic carbocycles. The fraction of sp³-hybridized carbons (Fsp3) is 0.250. The Hall–Kier alpha value is -2.18. The van der Waals surface area contributed by atoms with Crippen LogP contribution in [0.25, 0.3) is 5.76 Å². The highest BCUT2D eigenvalue weighted by atomic mass is 19.4. The van der Waals surface area contributed by atoms with E-state index in [1.165, 1.54) is 18.2 Å². The van der Waals surface area contributed by atoms with Crippen molar-refractivity contribution in [3.63, 3.8) is 0 Å². The van der Waals surface area contributed by atoms with E-state index in [9.17, 15) is 23.1 Å². The number of aliphatic hydroxyl groups excluding tert-OH is 1. The van der Waals surface area contributed by atoms with Crippen molar-refractivity contribution in [1.82, 2.24) is 0 Å². The molecule has 1 aliphatic heterocycles. The molecule has 1 aromatic carbocycles. The number of carbonyl (C=O) groups is 1. The minimum Gasteiger partial charge on any atom is -0.507 e. The molecule has 19 heavy (non-hydrogen) atoms. The third-order valence-corrected chi connectivity index (χ3v) is 2.39. The number of carbonyl (C=O) groups excluding carboxylic acids is 1. The first-order valence-electron chi connectivity index (χ1n) is 5.30. The molecule has 0 amide bonds. The highest BCUT2D eigenvalue weighted by molar-refractivity contribution is 5.99. The van der Waals surface area contributed by atoms with Gasteiger partial charge in [-0.1, -0.05) is 0 Å². The molecule has 0 fully saturated rings. The van der Waals surface area contributed by atoms with Crippen molar-refractivity contribution in [2.45, 2.75) is 6.18 Å². The maximum atomic E-state index is 12.0. The number of allylic oxidation sites excluding steroid dienone is 1. The Morgan fingerprint density at radius 3 is 2.47 bits per heavy atom. The maximum absolute atomic E-state index is 12.0. The third kappa shape index (κ3) is 2.98. The molecule has 7 heteroatoms. The van der Waals surface area contributed by atoms with Gasteiger partial charge in [0.1, 0.15) is 19.0 Å². The number of hydrogen-bond acceptors (Lipinski definition) is 4. The van der Waals surface area contributed by atoms with Crippen molar-refractivity contribution in [1.29, 1.82) is 0 Å². The minimum absolute atomic E-state index is 0.0434. The molecule has 2 rings (SSSR count). The standard InChI is InChI=1S/C12H9F3O4/c13-12(14,15)11(17)6-8(16)7-1-2-9-10(5-7)19-4-3-18-9/h1-2,5-6,16H,3-4H2/b8-6+. The van der Waals surface area contributed by atoms with Crippen molar-refractivity contribution in [2.75, 3.05) is 13.2 Å². The van der Waals surface area contributed by atoms with Crippen molar-refractivity contribution < 1.29 is 32.5 Å².